The van der Waals surface area contributed by atoms with Gasteiger partial charge in [0.15, 0.2) is 0 Å². The van der Waals surface area contributed by atoms with E-state index >= 15 is 0 Å². The largest absolute Gasteiger partial charge is 0.465 e. The van der Waals surface area contributed by atoms with Gasteiger partial charge in [0.25, 0.3) is 0 Å². The minimum absolute atomic E-state index is 0.331. The smallest absolute Gasteiger partial charge is 0.339 e. The van der Waals surface area contributed by atoms with Crippen LogP contribution in [0.4, 0.5) is 0 Å². The van der Waals surface area contributed by atoms with Crippen molar-refractivity contribution in [2.45, 2.75) is 6.92 Å². The number of aryl methyl sites for hydroxylation is 1. The van der Waals surface area contributed by atoms with Gasteiger partial charge in [-0.1, -0.05) is 42.5 Å². The maximum atomic E-state index is 12.1. The number of esters is 1. The van der Waals surface area contributed by atoms with Gasteiger partial charge in [0, 0.05) is 5.69 Å². The number of benzene rings is 2. The SMILES string of the molecule is COC(=O)c1ccccc1-n1c(C)ccc1-c1ccccc1. The molecule has 3 rings (SSSR count). The first-order valence-corrected chi connectivity index (χ1v) is 7.14. The monoisotopic (exact) mass is 291 g/mol. The molecule has 0 aliphatic rings. The lowest BCUT2D eigenvalue weighted by Gasteiger charge is -2.15. The molecular weight excluding hydrogens is 274 g/mol. The van der Waals surface area contributed by atoms with Crippen molar-refractivity contribution >= 4 is 5.97 Å². The highest BCUT2D eigenvalue weighted by Gasteiger charge is 2.16. The van der Waals surface area contributed by atoms with Crippen molar-refractivity contribution in [2.75, 3.05) is 7.11 Å². The molecule has 0 amide bonds. The van der Waals surface area contributed by atoms with Crippen LogP contribution >= 0.6 is 0 Å². The molecule has 0 saturated carbocycles. The fraction of sp³-hybridized carbons (Fsp3) is 0.105. The van der Waals surface area contributed by atoms with E-state index in [-0.39, 0.29) is 5.97 Å². The van der Waals surface area contributed by atoms with Crippen LogP contribution in [0.2, 0.25) is 0 Å². The van der Waals surface area contributed by atoms with Crippen molar-refractivity contribution in [2.24, 2.45) is 0 Å². The molecule has 0 aliphatic heterocycles. The van der Waals surface area contributed by atoms with Crippen molar-refractivity contribution in [3.05, 3.63) is 78.0 Å². The van der Waals surface area contributed by atoms with Crippen molar-refractivity contribution in [3.8, 4) is 16.9 Å². The van der Waals surface area contributed by atoms with Crippen LogP contribution in [-0.2, 0) is 4.74 Å². The number of carbonyl (C=O) groups excluding carboxylic acids is 1. The third-order valence-electron chi connectivity index (χ3n) is 3.70. The quantitative estimate of drug-likeness (QED) is 0.676. The van der Waals surface area contributed by atoms with Crippen LogP contribution in [0.15, 0.2) is 66.7 Å². The normalized spacial score (nSPS) is 10.5. The molecule has 3 aromatic rings. The first-order chi connectivity index (χ1) is 10.7. The van der Waals surface area contributed by atoms with E-state index in [1.807, 2.05) is 43.3 Å². The van der Waals surface area contributed by atoms with Gasteiger partial charge >= 0.3 is 5.97 Å². The van der Waals surface area contributed by atoms with E-state index in [1.54, 1.807) is 6.07 Å². The van der Waals surface area contributed by atoms with E-state index in [4.69, 9.17) is 4.74 Å². The van der Waals surface area contributed by atoms with Crippen LogP contribution in [0.25, 0.3) is 16.9 Å². The minimum atomic E-state index is -0.331. The summed E-state index contributed by atoms with van der Waals surface area (Å²) in [7, 11) is 1.40. The van der Waals surface area contributed by atoms with E-state index in [1.165, 1.54) is 7.11 Å². The Bertz CT molecular complexity index is 803. The molecule has 0 N–H and O–H groups in total. The fourth-order valence-electron chi connectivity index (χ4n) is 2.64. The molecule has 0 saturated heterocycles. The third kappa shape index (κ3) is 2.42. The van der Waals surface area contributed by atoms with E-state index in [0.29, 0.717) is 5.56 Å². The Labute approximate surface area is 129 Å². The molecule has 3 heteroatoms. The zero-order valence-corrected chi connectivity index (χ0v) is 12.6. The van der Waals surface area contributed by atoms with Crippen LogP contribution in [0.1, 0.15) is 16.1 Å². The summed E-state index contributed by atoms with van der Waals surface area (Å²) in [5.74, 6) is -0.331. The van der Waals surface area contributed by atoms with Crippen LogP contribution in [0.3, 0.4) is 0 Å². The maximum absolute atomic E-state index is 12.1. The van der Waals surface area contributed by atoms with Crippen molar-refractivity contribution in [3.63, 3.8) is 0 Å². The summed E-state index contributed by atoms with van der Waals surface area (Å²) in [6.45, 7) is 2.03. The van der Waals surface area contributed by atoms with Crippen LogP contribution < -0.4 is 0 Å². The average molecular weight is 291 g/mol. The molecule has 0 fully saturated rings. The van der Waals surface area contributed by atoms with Crippen LogP contribution in [-0.4, -0.2) is 17.6 Å². The van der Waals surface area contributed by atoms with E-state index in [2.05, 4.69) is 28.8 Å². The highest BCUT2D eigenvalue weighted by Crippen LogP contribution is 2.28. The van der Waals surface area contributed by atoms with E-state index < -0.39 is 0 Å². The highest BCUT2D eigenvalue weighted by molar-refractivity contribution is 5.94. The van der Waals surface area contributed by atoms with E-state index in [0.717, 1.165) is 22.6 Å². The lowest BCUT2D eigenvalue weighted by atomic mass is 10.1. The van der Waals surface area contributed by atoms with Gasteiger partial charge in [-0.15, -0.1) is 0 Å². The van der Waals surface area contributed by atoms with Gasteiger partial charge in [-0.05, 0) is 36.8 Å². The lowest BCUT2D eigenvalue weighted by Crippen LogP contribution is -2.09. The van der Waals surface area contributed by atoms with E-state index in [9.17, 15) is 4.79 Å². The topological polar surface area (TPSA) is 31.2 Å². The molecular formula is C19H17NO2. The molecule has 0 radical (unpaired) electrons. The number of hydrogen-bond acceptors (Lipinski definition) is 2. The lowest BCUT2D eigenvalue weighted by molar-refractivity contribution is 0.0601. The second-order valence-electron chi connectivity index (χ2n) is 5.07. The molecule has 0 spiro atoms. The number of nitrogens with zero attached hydrogens (tertiary/aromatic N) is 1. The molecule has 0 aliphatic carbocycles. The Morgan fingerprint density at radius 1 is 0.909 bits per heavy atom. The standard InChI is InChI=1S/C19H17NO2/c1-14-12-13-17(15-8-4-3-5-9-15)20(14)18-11-7-6-10-16(18)19(21)22-2/h3-13H,1-2H3. The van der Waals surface area contributed by atoms with Gasteiger partial charge in [-0.2, -0.15) is 0 Å². The second kappa shape index (κ2) is 5.90. The number of carbonyl (C=O) groups is 1. The molecule has 0 bridgehead atoms. The van der Waals surface area contributed by atoms with Crippen molar-refractivity contribution in [1.29, 1.82) is 0 Å². The number of aromatic nitrogens is 1. The van der Waals surface area contributed by atoms with Gasteiger partial charge < -0.3 is 9.30 Å². The predicted molar refractivity (Wildman–Crippen MR) is 87.3 cm³/mol. The Balaban J connectivity index is 2.23. The summed E-state index contributed by atoms with van der Waals surface area (Å²) in [6, 6.07) is 21.7. The predicted octanol–water partition coefficient (Wildman–Crippen LogP) is 4.24. The Morgan fingerprint density at radius 3 is 2.32 bits per heavy atom. The highest BCUT2D eigenvalue weighted by atomic mass is 16.5. The number of hydrogen-bond donors (Lipinski definition) is 0. The third-order valence-corrected chi connectivity index (χ3v) is 3.70. The second-order valence-corrected chi connectivity index (χ2v) is 5.07. The number of ether oxygens (including phenoxy) is 1. The maximum Gasteiger partial charge on any atom is 0.339 e. The molecule has 110 valence electrons. The fourth-order valence-corrected chi connectivity index (χ4v) is 2.64. The Morgan fingerprint density at radius 2 is 1.59 bits per heavy atom. The first-order valence-electron chi connectivity index (χ1n) is 7.14. The minimum Gasteiger partial charge on any atom is -0.465 e. The van der Waals surface area contributed by atoms with Crippen LogP contribution in [0.5, 0.6) is 0 Å². The summed E-state index contributed by atoms with van der Waals surface area (Å²) in [5, 5.41) is 0. The summed E-state index contributed by atoms with van der Waals surface area (Å²) >= 11 is 0. The molecule has 0 unspecified atom stereocenters. The van der Waals surface area contributed by atoms with Crippen LogP contribution in [0, 0.1) is 6.92 Å². The Hall–Kier alpha value is -2.81. The summed E-state index contributed by atoms with van der Waals surface area (Å²) in [4.78, 5) is 12.1. The van der Waals surface area contributed by atoms with Gasteiger partial charge in [-0.3, -0.25) is 0 Å². The average Bonchev–Trinajstić information content (AvgIpc) is 2.96. The molecule has 1 heterocycles. The number of rotatable bonds is 3. The van der Waals surface area contributed by atoms with Crippen molar-refractivity contribution < 1.29 is 9.53 Å². The summed E-state index contributed by atoms with van der Waals surface area (Å²) in [6.07, 6.45) is 0. The zero-order chi connectivity index (χ0) is 15.5. The number of methoxy groups -OCH3 is 1. The molecule has 3 nitrogen and oxygen atoms in total. The Kier molecular flexibility index (Phi) is 3.79. The first kappa shape index (κ1) is 14.1. The van der Waals surface area contributed by atoms with Gasteiger partial charge in [-0.25, -0.2) is 4.79 Å². The number of para-hydroxylation sites is 1. The molecule has 1 aromatic heterocycles. The van der Waals surface area contributed by atoms with Gasteiger partial charge in [0.2, 0.25) is 0 Å². The molecule has 22 heavy (non-hydrogen) atoms. The molecule has 2 aromatic carbocycles. The summed E-state index contributed by atoms with van der Waals surface area (Å²) in [5.41, 5.74) is 4.61. The van der Waals surface area contributed by atoms with Crippen molar-refractivity contribution in [1.82, 2.24) is 4.57 Å². The zero-order valence-electron chi connectivity index (χ0n) is 12.6. The summed E-state index contributed by atoms with van der Waals surface area (Å²) < 4.78 is 6.99. The van der Waals surface area contributed by atoms with Gasteiger partial charge in [0.05, 0.1) is 24.1 Å². The molecule has 0 atom stereocenters. The van der Waals surface area contributed by atoms with Gasteiger partial charge in [0.1, 0.15) is 0 Å².